The summed E-state index contributed by atoms with van der Waals surface area (Å²) >= 11 is 3.51. The number of amides is 1. The lowest BCUT2D eigenvalue weighted by molar-refractivity contribution is -0.128. The molecule has 2 heterocycles. The van der Waals surface area contributed by atoms with Crippen molar-refractivity contribution in [2.45, 2.75) is 25.6 Å². The zero-order chi connectivity index (χ0) is 13.7. The molecule has 1 atom stereocenters. The first-order valence-corrected chi connectivity index (χ1v) is 8.86. The molecule has 2 rings (SSSR count). The lowest BCUT2D eigenvalue weighted by Gasteiger charge is -2.25. The summed E-state index contributed by atoms with van der Waals surface area (Å²) in [6.45, 7) is 8.52. The number of thiophene rings is 1. The highest BCUT2D eigenvalue weighted by Crippen LogP contribution is 2.40. The van der Waals surface area contributed by atoms with Crippen LogP contribution in [0.3, 0.4) is 0 Å². The average molecular weight is 298 g/mol. The van der Waals surface area contributed by atoms with Crippen molar-refractivity contribution in [1.29, 1.82) is 0 Å². The minimum absolute atomic E-state index is 0.254. The van der Waals surface area contributed by atoms with Gasteiger partial charge in [-0.15, -0.1) is 23.1 Å². The summed E-state index contributed by atoms with van der Waals surface area (Å²) in [4.78, 5) is 17.8. The fourth-order valence-electron chi connectivity index (χ4n) is 2.37. The standard InChI is InChI=1S/C14H22N2OS2/c1-3-15(4-2)8-6-9-16-13(17)11-19-14(16)12-7-5-10-18-12/h5,7,10,14H,3-4,6,8-9,11H2,1-2H3. The first-order valence-electron chi connectivity index (χ1n) is 6.93. The van der Waals surface area contributed by atoms with Gasteiger partial charge in [0.15, 0.2) is 0 Å². The first kappa shape index (κ1) is 14.9. The van der Waals surface area contributed by atoms with Crippen LogP contribution < -0.4 is 0 Å². The summed E-state index contributed by atoms with van der Waals surface area (Å²) in [7, 11) is 0. The second kappa shape index (κ2) is 7.31. The molecule has 0 saturated carbocycles. The molecule has 1 fully saturated rings. The van der Waals surface area contributed by atoms with E-state index >= 15 is 0 Å². The van der Waals surface area contributed by atoms with E-state index in [4.69, 9.17) is 0 Å². The number of carbonyl (C=O) groups is 1. The van der Waals surface area contributed by atoms with Crippen LogP contribution in [0.2, 0.25) is 0 Å². The van der Waals surface area contributed by atoms with Gasteiger partial charge in [-0.05, 0) is 37.5 Å². The van der Waals surface area contributed by atoms with Crippen molar-refractivity contribution < 1.29 is 4.79 Å². The number of thioether (sulfide) groups is 1. The summed E-state index contributed by atoms with van der Waals surface area (Å²) in [6.07, 6.45) is 1.07. The zero-order valence-corrected chi connectivity index (χ0v) is 13.3. The van der Waals surface area contributed by atoms with E-state index in [-0.39, 0.29) is 5.37 Å². The van der Waals surface area contributed by atoms with Crippen LogP contribution in [0.1, 0.15) is 30.5 Å². The maximum atomic E-state index is 12.0. The fraction of sp³-hybridized carbons (Fsp3) is 0.643. The molecule has 1 saturated heterocycles. The predicted molar refractivity (Wildman–Crippen MR) is 83.6 cm³/mol. The van der Waals surface area contributed by atoms with Gasteiger partial charge >= 0.3 is 0 Å². The van der Waals surface area contributed by atoms with Gasteiger partial charge in [-0.2, -0.15) is 0 Å². The van der Waals surface area contributed by atoms with Gasteiger partial charge in [0.1, 0.15) is 5.37 Å². The Morgan fingerprint density at radius 3 is 2.84 bits per heavy atom. The molecule has 0 N–H and O–H groups in total. The van der Waals surface area contributed by atoms with Crippen LogP contribution in [-0.4, -0.2) is 47.6 Å². The lowest BCUT2D eigenvalue weighted by atomic mass is 10.3. The van der Waals surface area contributed by atoms with Crippen LogP contribution in [-0.2, 0) is 4.79 Å². The van der Waals surface area contributed by atoms with E-state index in [0.29, 0.717) is 11.7 Å². The molecule has 106 valence electrons. The van der Waals surface area contributed by atoms with E-state index in [1.807, 2.05) is 0 Å². The summed E-state index contributed by atoms with van der Waals surface area (Å²) in [5, 5.41) is 2.34. The monoisotopic (exact) mass is 298 g/mol. The molecular formula is C14H22N2OS2. The van der Waals surface area contributed by atoms with Gasteiger partial charge in [0.25, 0.3) is 0 Å². The molecule has 1 aliphatic rings. The Kier molecular flexibility index (Phi) is 5.73. The van der Waals surface area contributed by atoms with E-state index in [2.05, 4.69) is 41.2 Å². The minimum atomic E-state index is 0.254. The molecule has 3 nitrogen and oxygen atoms in total. The Hall–Kier alpha value is -0.520. The Morgan fingerprint density at radius 1 is 1.42 bits per heavy atom. The van der Waals surface area contributed by atoms with E-state index in [9.17, 15) is 4.79 Å². The number of hydrogen-bond donors (Lipinski definition) is 0. The maximum Gasteiger partial charge on any atom is 0.233 e. The second-order valence-corrected chi connectivity index (χ2v) is 6.69. The van der Waals surface area contributed by atoms with Gasteiger partial charge < -0.3 is 9.80 Å². The van der Waals surface area contributed by atoms with E-state index < -0.39 is 0 Å². The SMILES string of the molecule is CCN(CC)CCCN1C(=O)CSC1c1cccs1. The predicted octanol–water partition coefficient (Wildman–Crippen LogP) is 3.05. The zero-order valence-electron chi connectivity index (χ0n) is 11.7. The highest BCUT2D eigenvalue weighted by atomic mass is 32.2. The highest BCUT2D eigenvalue weighted by molar-refractivity contribution is 8.00. The highest BCUT2D eigenvalue weighted by Gasteiger charge is 2.32. The van der Waals surface area contributed by atoms with Crippen molar-refractivity contribution in [3.63, 3.8) is 0 Å². The van der Waals surface area contributed by atoms with E-state index in [1.165, 1.54) is 4.88 Å². The maximum absolute atomic E-state index is 12.0. The molecule has 1 aliphatic heterocycles. The Balaban J connectivity index is 1.88. The van der Waals surface area contributed by atoms with E-state index in [1.54, 1.807) is 23.1 Å². The topological polar surface area (TPSA) is 23.6 Å². The largest absolute Gasteiger partial charge is 0.325 e. The van der Waals surface area contributed by atoms with Crippen molar-refractivity contribution >= 4 is 29.0 Å². The van der Waals surface area contributed by atoms with Crippen LogP contribution in [0.5, 0.6) is 0 Å². The Labute approximate surface area is 124 Å². The quantitative estimate of drug-likeness (QED) is 0.773. The van der Waals surface area contributed by atoms with Crippen LogP contribution in [0.4, 0.5) is 0 Å². The molecule has 0 aliphatic carbocycles. The Bertz CT molecular complexity index is 390. The first-order chi connectivity index (χ1) is 9.26. The van der Waals surface area contributed by atoms with Gasteiger partial charge in [-0.3, -0.25) is 4.79 Å². The van der Waals surface area contributed by atoms with Gasteiger partial charge in [0.2, 0.25) is 5.91 Å². The number of rotatable bonds is 7. The summed E-state index contributed by atoms with van der Waals surface area (Å²) in [5.74, 6) is 0.927. The van der Waals surface area contributed by atoms with Crippen molar-refractivity contribution in [2.24, 2.45) is 0 Å². The smallest absolute Gasteiger partial charge is 0.233 e. The third kappa shape index (κ3) is 3.74. The summed E-state index contributed by atoms with van der Waals surface area (Å²) < 4.78 is 0. The van der Waals surface area contributed by atoms with Crippen LogP contribution in [0.25, 0.3) is 0 Å². The summed E-state index contributed by atoms with van der Waals surface area (Å²) in [6, 6.07) is 4.20. The molecule has 1 aromatic rings. The molecule has 5 heteroatoms. The van der Waals surface area contributed by atoms with Crippen LogP contribution in [0, 0.1) is 0 Å². The third-order valence-electron chi connectivity index (χ3n) is 3.52. The Morgan fingerprint density at radius 2 is 2.21 bits per heavy atom. The average Bonchev–Trinajstić information content (AvgIpc) is 3.05. The molecule has 0 bridgehead atoms. The van der Waals surface area contributed by atoms with Crippen molar-refractivity contribution in [3.8, 4) is 0 Å². The molecule has 0 spiro atoms. The molecule has 1 aromatic heterocycles. The van der Waals surface area contributed by atoms with Gasteiger partial charge in [0, 0.05) is 11.4 Å². The van der Waals surface area contributed by atoms with Crippen LogP contribution >= 0.6 is 23.1 Å². The minimum Gasteiger partial charge on any atom is -0.325 e. The van der Waals surface area contributed by atoms with Crippen molar-refractivity contribution in [3.05, 3.63) is 22.4 Å². The second-order valence-electron chi connectivity index (χ2n) is 4.65. The van der Waals surface area contributed by atoms with Gasteiger partial charge in [-0.25, -0.2) is 0 Å². The lowest BCUT2D eigenvalue weighted by Crippen LogP contribution is -2.32. The normalized spacial score (nSPS) is 19.6. The van der Waals surface area contributed by atoms with E-state index in [0.717, 1.165) is 32.6 Å². The number of nitrogens with zero attached hydrogens (tertiary/aromatic N) is 2. The number of hydrogen-bond acceptors (Lipinski definition) is 4. The molecule has 1 amide bonds. The van der Waals surface area contributed by atoms with Crippen molar-refractivity contribution in [2.75, 3.05) is 31.9 Å². The molecule has 0 radical (unpaired) electrons. The van der Waals surface area contributed by atoms with Gasteiger partial charge in [0.05, 0.1) is 5.75 Å². The van der Waals surface area contributed by atoms with Gasteiger partial charge in [-0.1, -0.05) is 19.9 Å². The van der Waals surface area contributed by atoms with Crippen LogP contribution in [0.15, 0.2) is 17.5 Å². The van der Waals surface area contributed by atoms with Crippen molar-refractivity contribution in [1.82, 2.24) is 9.80 Å². The molecule has 0 aromatic carbocycles. The molecular weight excluding hydrogens is 276 g/mol. The molecule has 19 heavy (non-hydrogen) atoms. The third-order valence-corrected chi connectivity index (χ3v) is 5.83. The number of carbonyl (C=O) groups excluding carboxylic acids is 1. The fourth-order valence-corrected chi connectivity index (χ4v) is 4.57. The molecule has 1 unspecified atom stereocenters. The summed E-state index contributed by atoms with van der Waals surface area (Å²) in [5.41, 5.74) is 0.